The summed E-state index contributed by atoms with van der Waals surface area (Å²) >= 11 is 0. The van der Waals surface area contributed by atoms with Gasteiger partial charge in [0.05, 0.1) is 0 Å². The van der Waals surface area contributed by atoms with E-state index in [1.807, 2.05) is 56.3 Å². The zero-order chi connectivity index (χ0) is 20.8. The van der Waals surface area contributed by atoms with E-state index in [0.717, 1.165) is 22.4 Å². The fourth-order valence-corrected chi connectivity index (χ4v) is 3.40. The number of amides is 2. The van der Waals surface area contributed by atoms with Crippen LogP contribution in [0.25, 0.3) is 0 Å². The molecule has 2 amide bonds. The molecule has 0 saturated heterocycles. The molecular formula is C23H28N2O4. The monoisotopic (exact) mass is 396 g/mol. The molecule has 2 aromatic carbocycles. The van der Waals surface area contributed by atoms with Crippen LogP contribution >= 0.6 is 0 Å². The fourth-order valence-electron chi connectivity index (χ4n) is 3.40. The first-order chi connectivity index (χ1) is 14.0. The van der Waals surface area contributed by atoms with Gasteiger partial charge in [0, 0.05) is 19.5 Å². The Morgan fingerprint density at radius 3 is 2.66 bits per heavy atom. The minimum absolute atomic E-state index is 0.0528. The Bertz CT molecular complexity index is 881. The molecule has 1 aliphatic rings. The molecule has 0 spiro atoms. The lowest BCUT2D eigenvalue weighted by molar-refractivity contribution is -0.140. The molecule has 3 rings (SSSR count). The van der Waals surface area contributed by atoms with E-state index in [4.69, 9.17) is 9.47 Å². The topological polar surface area (TPSA) is 67.9 Å². The summed E-state index contributed by atoms with van der Waals surface area (Å²) in [5.41, 5.74) is 3.14. The molecular weight excluding hydrogens is 368 g/mol. The van der Waals surface area contributed by atoms with Crippen molar-refractivity contribution < 1.29 is 19.1 Å². The lowest BCUT2D eigenvalue weighted by Gasteiger charge is -2.29. The highest BCUT2D eigenvalue weighted by molar-refractivity contribution is 5.87. The van der Waals surface area contributed by atoms with Crippen molar-refractivity contribution in [1.29, 1.82) is 0 Å². The number of ether oxygens (including phenoxy) is 2. The number of likely N-dealkylation sites (N-methyl/N-ethyl adjacent to an activating group) is 1. The van der Waals surface area contributed by atoms with Crippen LogP contribution in [0.1, 0.15) is 37.0 Å². The molecule has 6 heteroatoms. The number of fused-ring (bicyclic) bond motifs is 1. The largest absolute Gasteiger partial charge is 0.454 e. The second kappa shape index (κ2) is 9.45. The van der Waals surface area contributed by atoms with Crippen LogP contribution in [0, 0.1) is 6.92 Å². The number of hydrogen-bond donors (Lipinski definition) is 1. The SMILES string of the molecule is CCNC(=O)C(C)N(Cc1cccc(C)c1)C(=O)CCc1ccc2c(c1)OCO2. The number of benzene rings is 2. The van der Waals surface area contributed by atoms with Crippen molar-refractivity contribution in [1.82, 2.24) is 10.2 Å². The van der Waals surface area contributed by atoms with Crippen LogP contribution in [0.4, 0.5) is 0 Å². The number of rotatable bonds is 8. The van der Waals surface area contributed by atoms with Crippen LogP contribution in [0.3, 0.4) is 0 Å². The first kappa shape index (κ1) is 20.7. The number of nitrogens with zero attached hydrogens (tertiary/aromatic N) is 1. The van der Waals surface area contributed by atoms with Gasteiger partial charge in [0.25, 0.3) is 0 Å². The molecule has 154 valence electrons. The standard InChI is InChI=1S/C23H28N2O4/c1-4-24-23(27)17(3)25(14-19-7-5-6-16(2)12-19)22(26)11-9-18-8-10-20-21(13-18)29-15-28-20/h5-8,10,12-13,17H,4,9,11,14-15H2,1-3H3,(H,24,27). The fraction of sp³-hybridized carbons (Fsp3) is 0.391. The molecule has 1 N–H and O–H groups in total. The van der Waals surface area contributed by atoms with Gasteiger partial charge >= 0.3 is 0 Å². The summed E-state index contributed by atoms with van der Waals surface area (Å²) in [6.07, 6.45) is 0.886. The van der Waals surface area contributed by atoms with Gasteiger partial charge in [-0.15, -0.1) is 0 Å². The average Bonchev–Trinajstić information content (AvgIpc) is 3.18. The number of aryl methyl sites for hydroxylation is 2. The second-order valence-corrected chi connectivity index (χ2v) is 7.27. The number of nitrogens with one attached hydrogen (secondary N) is 1. The number of carbonyl (C=O) groups excluding carboxylic acids is 2. The Hall–Kier alpha value is -3.02. The molecule has 1 aliphatic heterocycles. The van der Waals surface area contributed by atoms with Crippen molar-refractivity contribution in [3.8, 4) is 11.5 Å². The summed E-state index contributed by atoms with van der Waals surface area (Å²) in [6.45, 7) is 6.83. The van der Waals surface area contributed by atoms with Crippen molar-refractivity contribution in [2.24, 2.45) is 0 Å². The molecule has 0 saturated carbocycles. The van der Waals surface area contributed by atoms with Gasteiger partial charge < -0.3 is 19.7 Å². The Balaban J connectivity index is 1.71. The maximum absolute atomic E-state index is 13.1. The second-order valence-electron chi connectivity index (χ2n) is 7.27. The van der Waals surface area contributed by atoms with Crippen LogP contribution < -0.4 is 14.8 Å². The normalized spacial score (nSPS) is 13.1. The molecule has 1 atom stereocenters. The van der Waals surface area contributed by atoms with Crippen LogP contribution in [-0.4, -0.2) is 36.1 Å². The third-order valence-electron chi connectivity index (χ3n) is 5.02. The van der Waals surface area contributed by atoms with E-state index >= 15 is 0 Å². The molecule has 1 heterocycles. The number of hydrogen-bond acceptors (Lipinski definition) is 4. The summed E-state index contributed by atoms with van der Waals surface area (Å²) in [6, 6.07) is 13.2. The molecule has 1 unspecified atom stereocenters. The Labute approximate surface area is 171 Å². The third-order valence-corrected chi connectivity index (χ3v) is 5.02. The quantitative estimate of drug-likeness (QED) is 0.744. The Kier molecular flexibility index (Phi) is 6.75. The van der Waals surface area contributed by atoms with E-state index in [9.17, 15) is 9.59 Å². The first-order valence-corrected chi connectivity index (χ1v) is 9.99. The van der Waals surface area contributed by atoms with E-state index in [1.54, 1.807) is 11.8 Å². The Morgan fingerprint density at radius 2 is 1.90 bits per heavy atom. The van der Waals surface area contributed by atoms with Gasteiger partial charge in [-0.05, 0) is 50.5 Å². The highest BCUT2D eigenvalue weighted by Gasteiger charge is 2.25. The maximum atomic E-state index is 13.1. The van der Waals surface area contributed by atoms with Gasteiger partial charge in [-0.2, -0.15) is 0 Å². The molecule has 0 aromatic heterocycles. The van der Waals surface area contributed by atoms with Gasteiger partial charge in [0.1, 0.15) is 6.04 Å². The van der Waals surface area contributed by atoms with Crippen molar-refractivity contribution in [2.75, 3.05) is 13.3 Å². The van der Waals surface area contributed by atoms with Gasteiger partial charge in [-0.1, -0.05) is 35.9 Å². The molecule has 0 aliphatic carbocycles. The van der Waals surface area contributed by atoms with E-state index < -0.39 is 6.04 Å². The van der Waals surface area contributed by atoms with Crippen molar-refractivity contribution >= 4 is 11.8 Å². The van der Waals surface area contributed by atoms with Crippen LogP contribution in [0.15, 0.2) is 42.5 Å². The third kappa shape index (κ3) is 5.28. The van der Waals surface area contributed by atoms with Crippen molar-refractivity contribution in [2.45, 2.75) is 46.2 Å². The molecule has 29 heavy (non-hydrogen) atoms. The van der Waals surface area contributed by atoms with Crippen LogP contribution in [-0.2, 0) is 22.6 Å². The lowest BCUT2D eigenvalue weighted by atomic mass is 10.1. The lowest BCUT2D eigenvalue weighted by Crippen LogP contribution is -2.47. The summed E-state index contributed by atoms with van der Waals surface area (Å²) in [5.74, 6) is 1.24. The van der Waals surface area contributed by atoms with E-state index in [2.05, 4.69) is 5.32 Å². The summed E-state index contributed by atoms with van der Waals surface area (Å²) in [5, 5.41) is 2.82. The first-order valence-electron chi connectivity index (χ1n) is 9.99. The predicted molar refractivity (Wildman–Crippen MR) is 111 cm³/mol. The van der Waals surface area contributed by atoms with E-state index in [1.165, 1.54) is 0 Å². The van der Waals surface area contributed by atoms with Crippen LogP contribution in [0.5, 0.6) is 11.5 Å². The molecule has 0 radical (unpaired) electrons. The average molecular weight is 396 g/mol. The highest BCUT2D eigenvalue weighted by atomic mass is 16.7. The number of carbonyl (C=O) groups is 2. The molecule has 2 aromatic rings. The summed E-state index contributed by atoms with van der Waals surface area (Å²) in [4.78, 5) is 27.2. The summed E-state index contributed by atoms with van der Waals surface area (Å²) in [7, 11) is 0. The van der Waals surface area contributed by atoms with Crippen LogP contribution in [0.2, 0.25) is 0 Å². The van der Waals surface area contributed by atoms with E-state index in [0.29, 0.717) is 31.7 Å². The van der Waals surface area contributed by atoms with Crippen molar-refractivity contribution in [3.63, 3.8) is 0 Å². The maximum Gasteiger partial charge on any atom is 0.242 e. The van der Waals surface area contributed by atoms with Crippen molar-refractivity contribution in [3.05, 3.63) is 59.2 Å². The minimum atomic E-state index is -0.542. The van der Waals surface area contributed by atoms with Gasteiger partial charge in [0.2, 0.25) is 18.6 Å². The van der Waals surface area contributed by atoms with Gasteiger partial charge in [-0.25, -0.2) is 0 Å². The molecule has 6 nitrogen and oxygen atoms in total. The molecule has 0 fully saturated rings. The van der Waals surface area contributed by atoms with Gasteiger partial charge in [-0.3, -0.25) is 9.59 Å². The minimum Gasteiger partial charge on any atom is -0.454 e. The highest BCUT2D eigenvalue weighted by Crippen LogP contribution is 2.32. The zero-order valence-electron chi connectivity index (χ0n) is 17.2. The van der Waals surface area contributed by atoms with Gasteiger partial charge in [0.15, 0.2) is 11.5 Å². The predicted octanol–water partition coefficient (Wildman–Crippen LogP) is 3.21. The zero-order valence-corrected chi connectivity index (χ0v) is 17.2. The smallest absolute Gasteiger partial charge is 0.242 e. The summed E-state index contributed by atoms with van der Waals surface area (Å²) < 4.78 is 10.7. The Morgan fingerprint density at radius 1 is 1.10 bits per heavy atom. The molecule has 0 bridgehead atoms. The van der Waals surface area contributed by atoms with E-state index in [-0.39, 0.29) is 18.6 Å².